The van der Waals surface area contributed by atoms with E-state index >= 15 is 0 Å². The van der Waals surface area contributed by atoms with Gasteiger partial charge in [0.25, 0.3) is 0 Å². The van der Waals surface area contributed by atoms with Crippen LogP contribution in [0.2, 0.25) is 0 Å². The van der Waals surface area contributed by atoms with Gasteiger partial charge in [0.1, 0.15) is 12.1 Å². The zero-order valence-electron chi connectivity index (χ0n) is 15.2. The summed E-state index contributed by atoms with van der Waals surface area (Å²) in [6.45, 7) is 2.08. The van der Waals surface area contributed by atoms with Gasteiger partial charge in [-0.2, -0.15) is 4.98 Å². The maximum absolute atomic E-state index is 10.7. The fourth-order valence-electron chi connectivity index (χ4n) is 2.84. The van der Waals surface area contributed by atoms with Crippen LogP contribution in [0, 0.1) is 0 Å². The number of anilines is 2. The number of nitrogens with zero attached hydrogens (tertiary/aromatic N) is 2. The van der Waals surface area contributed by atoms with E-state index in [9.17, 15) is 9.59 Å². The van der Waals surface area contributed by atoms with E-state index < -0.39 is 24.0 Å². The van der Waals surface area contributed by atoms with Crippen molar-refractivity contribution >= 4 is 29.8 Å². The van der Waals surface area contributed by atoms with Gasteiger partial charge in [0.05, 0.1) is 5.69 Å². The van der Waals surface area contributed by atoms with Gasteiger partial charge in [-0.25, -0.2) is 0 Å². The van der Waals surface area contributed by atoms with Gasteiger partial charge in [-0.15, -0.1) is 0 Å². The van der Waals surface area contributed by atoms with Crippen LogP contribution in [0.15, 0.2) is 6.08 Å². The molecule has 8 N–H and O–H groups in total. The third kappa shape index (κ3) is 6.26. The molecule has 0 saturated carbocycles. The van der Waals surface area contributed by atoms with Crippen molar-refractivity contribution in [3.05, 3.63) is 11.8 Å². The van der Waals surface area contributed by atoms with E-state index in [0.717, 1.165) is 37.4 Å². The summed E-state index contributed by atoms with van der Waals surface area (Å²) >= 11 is 0. The number of imidazole rings is 1. The topological polar surface area (TPSA) is 171 Å². The summed E-state index contributed by atoms with van der Waals surface area (Å²) in [6.07, 6.45) is 7.07. The summed E-state index contributed by atoms with van der Waals surface area (Å²) in [5, 5.41) is 20.7. The van der Waals surface area contributed by atoms with Gasteiger partial charge in [0, 0.05) is 19.6 Å². The minimum Gasteiger partial charge on any atom is -0.480 e. The fourth-order valence-corrected chi connectivity index (χ4v) is 2.84. The second-order valence-corrected chi connectivity index (χ2v) is 6.63. The molecule has 1 aliphatic heterocycles. The average Bonchev–Trinajstić information content (AvgIpc) is 3.05. The first kappa shape index (κ1) is 20.7. The maximum atomic E-state index is 10.7. The maximum Gasteiger partial charge on any atom is 0.320 e. The van der Waals surface area contributed by atoms with Crippen LogP contribution in [-0.4, -0.2) is 63.8 Å². The van der Waals surface area contributed by atoms with Crippen molar-refractivity contribution in [1.29, 1.82) is 0 Å². The highest BCUT2D eigenvalue weighted by molar-refractivity contribution is 5.73. The number of carbonyl (C=O) groups is 2. The van der Waals surface area contributed by atoms with E-state index in [0.29, 0.717) is 31.8 Å². The first-order valence-corrected chi connectivity index (χ1v) is 9.10. The smallest absolute Gasteiger partial charge is 0.320 e. The largest absolute Gasteiger partial charge is 0.480 e. The Morgan fingerprint density at radius 1 is 1.19 bits per heavy atom. The highest BCUT2D eigenvalue weighted by Crippen LogP contribution is 2.25. The number of fused-ring (bicyclic) bond motifs is 1. The molecule has 0 aliphatic carbocycles. The molecular weight excluding hydrogens is 352 g/mol. The van der Waals surface area contributed by atoms with Gasteiger partial charge < -0.3 is 36.9 Å². The minimum atomic E-state index is -0.992. The Morgan fingerprint density at radius 3 is 2.52 bits per heavy atom. The zero-order chi connectivity index (χ0) is 19.8. The Hall–Kier alpha value is -2.59. The van der Waals surface area contributed by atoms with Crippen LogP contribution in [0.1, 0.15) is 37.8 Å². The van der Waals surface area contributed by atoms with Crippen molar-refractivity contribution in [2.45, 2.75) is 44.2 Å². The number of carboxylic acid groups (broad SMARTS) is 2. The van der Waals surface area contributed by atoms with E-state index in [4.69, 9.17) is 21.7 Å². The number of carboxylic acids is 2. The van der Waals surface area contributed by atoms with Gasteiger partial charge in [-0.1, -0.05) is 6.08 Å². The lowest BCUT2D eigenvalue weighted by molar-refractivity contribution is -0.139. The molecule has 0 saturated heterocycles. The van der Waals surface area contributed by atoms with Crippen molar-refractivity contribution in [3.8, 4) is 0 Å². The molecule has 2 rings (SSSR count). The lowest BCUT2D eigenvalue weighted by Gasteiger charge is -2.24. The Bertz CT molecular complexity index is 674. The van der Waals surface area contributed by atoms with Crippen molar-refractivity contribution in [2.75, 3.05) is 29.9 Å². The van der Waals surface area contributed by atoms with Gasteiger partial charge >= 0.3 is 11.9 Å². The number of hydrogen-bond donors (Lipinski definition) is 6. The number of nitrogens with one attached hydrogen (secondary N) is 2. The molecule has 0 spiro atoms. The average molecular weight is 380 g/mol. The summed E-state index contributed by atoms with van der Waals surface area (Å²) in [7, 11) is 0. The molecule has 0 bridgehead atoms. The van der Waals surface area contributed by atoms with Crippen LogP contribution < -0.4 is 21.7 Å². The molecule has 0 amide bonds. The molecule has 1 aromatic heterocycles. The summed E-state index contributed by atoms with van der Waals surface area (Å²) in [5.74, 6) is -0.475. The molecule has 10 heteroatoms. The van der Waals surface area contributed by atoms with Crippen molar-refractivity contribution in [1.82, 2.24) is 9.97 Å². The highest BCUT2D eigenvalue weighted by Gasteiger charge is 2.18. The van der Waals surface area contributed by atoms with Crippen LogP contribution in [0.5, 0.6) is 0 Å². The molecule has 1 aliphatic rings. The van der Waals surface area contributed by atoms with Crippen LogP contribution in [0.25, 0.3) is 6.08 Å². The second-order valence-electron chi connectivity index (χ2n) is 6.63. The first-order chi connectivity index (χ1) is 12.9. The molecule has 1 aromatic rings. The predicted octanol–water partition coefficient (Wildman–Crippen LogP) is 0.429. The van der Waals surface area contributed by atoms with Crippen molar-refractivity contribution in [2.24, 2.45) is 11.5 Å². The summed E-state index contributed by atoms with van der Waals surface area (Å²) in [6, 6.07) is -1.65. The second kappa shape index (κ2) is 9.93. The number of aromatic amines is 1. The monoisotopic (exact) mass is 380 g/mol. The van der Waals surface area contributed by atoms with Crippen LogP contribution in [-0.2, 0) is 9.59 Å². The standard InChI is InChI=1S/C17H28N6O4/c18-11(15(24)25)5-1-2-9-23-10-4-7-13-14(23)22-17(21-13)20-8-3-6-12(19)16(26)27/h4,7,11-12H,1-3,5-6,8-10,18-19H2,(H,24,25)(H,26,27)(H2,20,21,22)/t11-,12+/m0/s1. The normalized spacial score (nSPS) is 15.3. The highest BCUT2D eigenvalue weighted by atomic mass is 16.4. The zero-order valence-corrected chi connectivity index (χ0v) is 15.2. The van der Waals surface area contributed by atoms with Crippen LogP contribution in [0.4, 0.5) is 11.8 Å². The lowest BCUT2D eigenvalue weighted by Crippen LogP contribution is -2.31. The van der Waals surface area contributed by atoms with Crippen molar-refractivity contribution in [3.63, 3.8) is 0 Å². The predicted molar refractivity (Wildman–Crippen MR) is 103 cm³/mol. The van der Waals surface area contributed by atoms with E-state index in [1.165, 1.54) is 0 Å². The number of aromatic nitrogens is 2. The summed E-state index contributed by atoms with van der Waals surface area (Å²) in [4.78, 5) is 31.3. The molecule has 0 fully saturated rings. The molecule has 27 heavy (non-hydrogen) atoms. The van der Waals surface area contributed by atoms with E-state index in [-0.39, 0.29) is 0 Å². The molecule has 0 unspecified atom stereocenters. The van der Waals surface area contributed by atoms with Gasteiger partial charge in [0.15, 0.2) is 5.82 Å². The van der Waals surface area contributed by atoms with Gasteiger partial charge in [0.2, 0.25) is 5.95 Å². The number of hydrogen-bond acceptors (Lipinski definition) is 7. The Balaban J connectivity index is 1.79. The molecule has 150 valence electrons. The Kier molecular flexibility index (Phi) is 7.62. The Labute approximate surface area is 157 Å². The molecule has 0 aromatic carbocycles. The van der Waals surface area contributed by atoms with Gasteiger partial charge in [-0.3, -0.25) is 9.59 Å². The van der Waals surface area contributed by atoms with E-state index in [1.54, 1.807) is 0 Å². The third-order valence-electron chi connectivity index (χ3n) is 4.43. The number of nitrogens with two attached hydrogens (primary N) is 2. The van der Waals surface area contributed by atoms with E-state index in [1.807, 2.05) is 12.2 Å². The number of aliphatic carboxylic acids is 2. The van der Waals surface area contributed by atoms with Gasteiger partial charge in [-0.05, 0) is 38.2 Å². The molecule has 10 nitrogen and oxygen atoms in total. The number of unbranched alkanes of at least 4 members (excludes halogenated alkanes) is 1. The number of rotatable bonds is 12. The molecule has 0 radical (unpaired) electrons. The van der Waals surface area contributed by atoms with Crippen LogP contribution in [0.3, 0.4) is 0 Å². The quantitative estimate of drug-likeness (QED) is 0.281. The minimum absolute atomic E-state index is 0.396. The van der Waals surface area contributed by atoms with E-state index in [2.05, 4.69) is 20.2 Å². The molecule has 2 atom stereocenters. The first-order valence-electron chi connectivity index (χ1n) is 9.10. The summed E-state index contributed by atoms with van der Waals surface area (Å²) in [5.41, 5.74) is 11.9. The lowest BCUT2D eigenvalue weighted by atomic mass is 10.1. The van der Waals surface area contributed by atoms with Crippen molar-refractivity contribution < 1.29 is 19.8 Å². The SMILES string of the molecule is N[C@H](CCCNc1nc2c([nH]1)C=CCN2CCCC[C@H](N)C(=O)O)C(=O)O. The third-order valence-corrected chi connectivity index (χ3v) is 4.43. The Morgan fingerprint density at radius 2 is 1.85 bits per heavy atom. The number of H-pyrrole nitrogens is 1. The van der Waals surface area contributed by atoms with Crippen LogP contribution >= 0.6 is 0 Å². The summed E-state index contributed by atoms with van der Waals surface area (Å²) < 4.78 is 0. The fraction of sp³-hybridized carbons (Fsp3) is 0.588. The molecular formula is C17H28N6O4. The molecule has 2 heterocycles.